The predicted molar refractivity (Wildman–Crippen MR) is 103 cm³/mol. The Kier molecular flexibility index (Phi) is 6.73. The molecule has 0 saturated carbocycles. The van der Waals surface area contributed by atoms with Crippen LogP contribution in [-0.4, -0.2) is 34.7 Å². The Bertz CT molecular complexity index is 890. The van der Waals surface area contributed by atoms with Crippen LogP contribution in [0.15, 0.2) is 46.9 Å². The van der Waals surface area contributed by atoms with Crippen LogP contribution in [0.4, 0.5) is 5.69 Å². The number of hydrogen-bond donors (Lipinski definition) is 3. The summed E-state index contributed by atoms with van der Waals surface area (Å²) >= 11 is 3.35. The van der Waals surface area contributed by atoms with Crippen molar-refractivity contribution in [2.24, 2.45) is 0 Å². The fourth-order valence-electron chi connectivity index (χ4n) is 2.23. The van der Waals surface area contributed by atoms with Crippen LogP contribution in [0.1, 0.15) is 33.2 Å². The summed E-state index contributed by atoms with van der Waals surface area (Å²) in [6.45, 7) is 2.31. The van der Waals surface area contributed by atoms with Crippen LogP contribution in [0, 0.1) is 0 Å². The van der Waals surface area contributed by atoms with E-state index in [2.05, 4.69) is 21.2 Å². The number of benzene rings is 2. The lowest BCUT2D eigenvalue weighted by Crippen LogP contribution is -2.10. The number of carboxylic acid groups (broad SMARTS) is 2. The summed E-state index contributed by atoms with van der Waals surface area (Å²) in [5.41, 5.74) is 0.271. The van der Waals surface area contributed by atoms with Gasteiger partial charge in [0.25, 0.3) is 0 Å². The third-order valence-corrected chi connectivity index (χ3v) is 3.87. The second kappa shape index (κ2) is 9.00. The molecule has 0 aliphatic carbocycles. The van der Waals surface area contributed by atoms with Crippen molar-refractivity contribution < 1.29 is 29.3 Å². The number of ether oxygens (including phenoxy) is 1. The Morgan fingerprint density at radius 3 is 2.26 bits per heavy atom. The van der Waals surface area contributed by atoms with Gasteiger partial charge in [-0.15, -0.1) is 0 Å². The molecule has 0 aliphatic rings. The molecule has 8 heteroatoms. The summed E-state index contributed by atoms with van der Waals surface area (Å²) in [5, 5.41) is 20.6. The van der Waals surface area contributed by atoms with Gasteiger partial charge in [0.1, 0.15) is 5.75 Å². The van der Waals surface area contributed by atoms with Crippen LogP contribution in [0.2, 0.25) is 0 Å². The van der Waals surface area contributed by atoms with Gasteiger partial charge >= 0.3 is 11.9 Å². The van der Waals surface area contributed by atoms with E-state index in [0.717, 1.165) is 10.5 Å². The summed E-state index contributed by atoms with van der Waals surface area (Å²) in [6, 6.07) is 8.75. The van der Waals surface area contributed by atoms with Crippen molar-refractivity contribution in [2.45, 2.75) is 6.92 Å². The highest BCUT2D eigenvalue weighted by atomic mass is 79.9. The second-order valence-corrected chi connectivity index (χ2v) is 6.26. The van der Waals surface area contributed by atoms with E-state index >= 15 is 0 Å². The summed E-state index contributed by atoms with van der Waals surface area (Å²) in [7, 11) is 0. The van der Waals surface area contributed by atoms with Crippen LogP contribution in [0.3, 0.4) is 0 Å². The van der Waals surface area contributed by atoms with E-state index in [-0.39, 0.29) is 16.8 Å². The number of carbonyl (C=O) groups excluding carboxylic acids is 1. The zero-order valence-corrected chi connectivity index (χ0v) is 15.8. The van der Waals surface area contributed by atoms with Crippen molar-refractivity contribution >= 4 is 45.5 Å². The van der Waals surface area contributed by atoms with Gasteiger partial charge in [-0.2, -0.15) is 0 Å². The van der Waals surface area contributed by atoms with Gasteiger partial charge in [0.05, 0.1) is 17.7 Å². The minimum atomic E-state index is -1.29. The maximum Gasteiger partial charge on any atom is 0.335 e. The Hall–Kier alpha value is -3.13. The Morgan fingerprint density at radius 1 is 1.07 bits per heavy atom. The van der Waals surface area contributed by atoms with Crippen molar-refractivity contribution in [3.8, 4) is 5.75 Å². The normalized spacial score (nSPS) is 10.6. The Morgan fingerprint density at radius 2 is 1.70 bits per heavy atom. The molecule has 0 unspecified atom stereocenters. The third-order valence-electron chi connectivity index (χ3n) is 3.38. The first-order chi connectivity index (χ1) is 12.8. The van der Waals surface area contributed by atoms with E-state index in [1.165, 1.54) is 18.2 Å². The van der Waals surface area contributed by atoms with Gasteiger partial charge in [-0.3, -0.25) is 4.79 Å². The zero-order valence-electron chi connectivity index (χ0n) is 14.2. The minimum Gasteiger partial charge on any atom is -0.493 e. The first kappa shape index (κ1) is 20.2. The van der Waals surface area contributed by atoms with E-state index in [0.29, 0.717) is 17.9 Å². The molecule has 0 atom stereocenters. The van der Waals surface area contributed by atoms with Crippen molar-refractivity contribution in [2.75, 3.05) is 11.9 Å². The maximum absolute atomic E-state index is 12.2. The standard InChI is InChI=1S/C19H16BrNO6/c1-2-27-16-5-4-14(20)8-11(16)3-6-17(22)21-15-9-12(18(23)24)7-13(10-15)19(25)26/h3-10H,2H2,1H3,(H,21,22)(H,23,24)(H,25,26)/b6-3+. The number of carboxylic acids is 2. The van der Waals surface area contributed by atoms with Crippen LogP contribution >= 0.6 is 15.9 Å². The van der Waals surface area contributed by atoms with Crippen molar-refractivity contribution in [3.63, 3.8) is 0 Å². The third kappa shape index (κ3) is 5.68. The number of hydrogen-bond acceptors (Lipinski definition) is 4. The topological polar surface area (TPSA) is 113 Å². The van der Waals surface area contributed by atoms with E-state index in [1.807, 2.05) is 13.0 Å². The van der Waals surface area contributed by atoms with Gasteiger partial charge in [-0.05, 0) is 49.4 Å². The Balaban J connectivity index is 2.23. The van der Waals surface area contributed by atoms with Crippen LogP contribution in [0.25, 0.3) is 6.08 Å². The van der Waals surface area contributed by atoms with E-state index in [1.54, 1.807) is 18.2 Å². The predicted octanol–water partition coefficient (Wildman–Crippen LogP) is 3.90. The smallest absolute Gasteiger partial charge is 0.335 e. The molecule has 0 bridgehead atoms. The number of anilines is 1. The average molecular weight is 434 g/mol. The van der Waals surface area contributed by atoms with E-state index in [9.17, 15) is 14.4 Å². The SMILES string of the molecule is CCOc1ccc(Br)cc1/C=C/C(=O)Nc1cc(C(=O)O)cc(C(=O)O)c1. The molecule has 0 saturated heterocycles. The number of nitrogens with one attached hydrogen (secondary N) is 1. The summed E-state index contributed by atoms with van der Waals surface area (Å²) in [5.74, 6) is -2.53. The minimum absolute atomic E-state index is 0.0706. The van der Waals surface area contributed by atoms with Crippen molar-refractivity contribution in [1.82, 2.24) is 0 Å². The quantitative estimate of drug-likeness (QED) is 0.570. The van der Waals surface area contributed by atoms with Gasteiger partial charge in [-0.1, -0.05) is 15.9 Å². The molecular weight excluding hydrogens is 418 g/mol. The molecule has 0 aromatic heterocycles. The molecule has 0 heterocycles. The molecule has 0 spiro atoms. The lowest BCUT2D eigenvalue weighted by atomic mass is 10.1. The van der Waals surface area contributed by atoms with Crippen molar-refractivity contribution in [1.29, 1.82) is 0 Å². The second-order valence-electron chi connectivity index (χ2n) is 5.35. The molecule has 7 nitrogen and oxygen atoms in total. The molecule has 2 aromatic rings. The van der Waals surface area contributed by atoms with Gasteiger partial charge in [0.2, 0.25) is 5.91 Å². The zero-order chi connectivity index (χ0) is 20.0. The molecular formula is C19H16BrNO6. The van der Waals surface area contributed by atoms with Crippen LogP contribution in [0.5, 0.6) is 5.75 Å². The van der Waals surface area contributed by atoms with Crippen LogP contribution < -0.4 is 10.1 Å². The van der Waals surface area contributed by atoms with Gasteiger partial charge in [0, 0.05) is 21.8 Å². The first-order valence-electron chi connectivity index (χ1n) is 7.83. The highest BCUT2D eigenvalue weighted by molar-refractivity contribution is 9.10. The monoisotopic (exact) mass is 433 g/mol. The number of aromatic carboxylic acids is 2. The van der Waals surface area contributed by atoms with Gasteiger partial charge in [-0.25, -0.2) is 9.59 Å². The lowest BCUT2D eigenvalue weighted by Gasteiger charge is -2.08. The fraction of sp³-hybridized carbons (Fsp3) is 0.105. The fourth-order valence-corrected chi connectivity index (χ4v) is 2.61. The van der Waals surface area contributed by atoms with Crippen molar-refractivity contribution in [3.05, 3.63) is 63.6 Å². The highest BCUT2D eigenvalue weighted by Crippen LogP contribution is 2.24. The molecule has 0 radical (unpaired) electrons. The number of rotatable bonds is 7. The van der Waals surface area contributed by atoms with Gasteiger partial charge in [0.15, 0.2) is 0 Å². The van der Waals surface area contributed by atoms with E-state index in [4.69, 9.17) is 14.9 Å². The largest absolute Gasteiger partial charge is 0.493 e. The highest BCUT2D eigenvalue weighted by Gasteiger charge is 2.12. The molecule has 3 N–H and O–H groups in total. The van der Waals surface area contributed by atoms with Gasteiger partial charge < -0.3 is 20.3 Å². The Labute approximate surface area is 163 Å². The molecule has 2 aromatic carbocycles. The summed E-state index contributed by atoms with van der Waals surface area (Å²) in [6.07, 6.45) is 2.79. The van der Waals surface area contributed by atoms with E-state index < -0.39 is 17.8 Å². The molecule has 140 valence electrons. The first-order valence-corrected chi connectivity index (χ1v) is 8.62. The molecule has 0 aliphatic heterocycles. The maximum atomic E-state index is 12.2. The average Bonchev–Trinajstić information content (AvgIpc) is 2.61. The number of amides is 1. The number of halogens is 1. The molecule has 27 heavy (non-hydrogen) atoms. The molecule has 0 fully saturated rings. The molecule has 2 rings (SSSR count). The summed E-state index contributed by atoms with van der Waals surface area (Å²) < 4.78 is 6.30. The molecule has 1 amide bonds. The van der Waals surface area contributed by atoms with Crippen LogP contribution in [-0.2, 0) is 4.79 Å². The lowest BCUT2D eigenvalue weighted by molar-refractivity contribution is -0.111. The number of carbonyl (C=O) groups is 3. The summed E-state index contributed by atoms with van der Waals surface area (Å²) in [4.78, 5) is 34.4.